The second-order valence-corrected chi connectivity index (χ2v) is 3.12. The quantitative estimate of drug-likeness (QED) is 0.449. The number of nitrogens with zero attached hydrogens (tertiary/aromatic N) is 2. The molecule has 5 nitrogen and oxygen atoms in total. The van der Waals surface area contributed by atoms with E-state index in [4.69, 9.17) is 5.73 Å². The fraction of sp³-hybridized carbons (Fsp3) is 0.400. The largest absolute Gasteiger partial charge is 0.464 e. The number of nitrogen functional groups attached to an aromatic ring is 1. The van der Waals surface area contributed by atoms with Gasteiger partial charge in [0.25, 0.3) is 0 Å². The summed E-state index contributed by atoms with van der Waals surface area (Å²) in [5, 5.41) is 4.04. The molecule has 0 saturated carbocycles. The number of aromatic nitrogens is 2. The standard InChI is InChI=1S/C10H15N3O2/c1-3-4-5-6-13-7-8(11)9(12-13)10(14)15-2/h3,7H,1,4-6,11H2,2H3. The number of nitrogens with two attached hydrogens (primary N) is 1. The molecule has 5 heteroatoms. The molecule has 1 rings (SSSR count). The lowest BCUT2D eigenvalue weighted by Crippen LogP contribution is -2.06. The molecule has 0 spiro atoms. The first-order chi connectivity index (χ1) is 7.19. The summed E-state index contributed by atoms with van der Waals surface area (Å²) in [6.07, 6.45) is 5.31. The van der Waals surface area contributed by atoms with Crippen LogP contribution in [0.15, 0.2) is 18.9 Å². The summed E-state index contributed by atoms with van der Waals surface area (Å²) in [5.74, 6) is -0.505. The van der Waals surface area contributed by atoms with Gasteiger partial charge in [0.15, 0.2) is 5.69 Å². The number of carbonyl (C=O) groups excluding carboxylic acids is 1. The van der Waals surface area contributed by atoms with E-state index in [9.17, 15) is 4.79 Å². The Kier molecular flexibility index (Phi) is 3.91. The molecule has 0 saturated heterocycles. The van der Waals surface area contributed by atoms with Crippen molar-refractivity contribution in [2.45, 2.75) is 19.4 Å². The van der Waals surface area contributed by atoms with E-state index in [2.05, 4.69) is 16.4 Å². The van der Waals surface area contributed by atoms with E-state index in [1.54, 1.807) is 10.9 Å². The van der Waals surface area contributed by atoms with Crippen molar-refractivity contribution >= 4 is 11.7 Å². The molecule has 1 aromatic heterocycles. The minimum Gasteiger partial charge on any atom is -0.464 e. The van der Waals surface area contributed by atoms with Gasteiger partial charge in [-0.15, -0.1) is 6.58 Å². The highest BCUT2D eigenvalue weighted by Crippen LogP contribution is 2.10. The van der Waals surface area contributed by atoms with E-state index >= 15 is 0 Å². The van der Waals surface area contributed by atoms with Crippen LogP contribution in [0.3, 0.4) is 0 Å². The maximum absolute atomic E-state index is 11.2. The van der Waals surface area contributed by atoms with E-state index in [0.29, 0.717) is 12.2 Å². The van der Waals surface area contributed by atoms with Gasteiger partial charge in [-0.05, 0) is 12.8 Å². The number of anilines is 1. The molecule has 0 aliphatic heterocycles. The van der Waals surface area contributed by atoms with E-state index in [0.717, 1.165) is 12.8 Å². The van der Waals surface area contributed by atoms with Gasteiger partial charge in [-0.3, -0.25) is 4.68 Å². The molecule has 1 heterocycles. The van der Waals surface area contributed by atoms with E-state index in [1.807, 2.05) is 6.08 Å². The number of methoxy groups -OCH3 is 1. The molecule has 0 aliphatic carbocycles. The highest BCUT2D eigenvalue weighted by molar-refractivity contribution is 5.92. The van der Waals surface area contributed by atoms with Crippen LogP contribution < -0.4 is 5.73 Å². The predicted octanol–water partition coefficient (Wildman–Crippen LogP) is 1.22. The zero-order chi connectivity index (χ0) is 11.3. The third kappa shape index (κ3) is 2.83. The number of hydrogen-bond donors (Lipinski definition) is 1. The van der Waals surface area contributed by atoms with E-state index in [1.165, 1.54) is 7.11 Å². The molecule has 0 bridgehead atoms. The van der Waals surface area contributed by atoms with Crippen molar-refractivity contribution < 1.29 is 9.53 Å². The first-order valence-electron chi connectivity index (χ1n) is 4.71. The lowest BCUT2D eigenvalue weighted by molar-refractivity contribution is 0.0594. The number of hydrogen-bond acceptors (Lipinski definition) is 4. The smallest absolute Gasteiger partial charge is 0.360 e. The van der Waals surface area contributed by atoms with E-state index < -0.39 is 5.97 Å². The molecule has 0 atom stereocenters. The first kappa shape index (κ1) is 11.3. The van der Waals surface area contributed by atoms with Gasteiger partial charge in [-0.25, -0.2) is 4.79 Å². The Hall–Kier alpha value is -1.78. The summed E-state index contributed by atoms with van der Waals surface area (Å²) < 4.78 is 6.19. The molecule has 1 aromatic rings. The van der Waals surface area contributed by atoms with Gasteiger partial charge in [0.2, 0.25) is 0 Å². The molecule has 0 fully saturated rings. The second-order valence-electron chi connectivity index (χ2n) is 3.12. The van der Waals surface area contributed by atoms with Crippen molar-refractivity contribution in [2.24, 2.45) is 0 Å². The summed E-state index contributed by atoms with van der Waals surface area (Å²) in [5.41, 5.74) is 6.14. The van der Waals surface area contributed by atoms with Crippen LogP contribution >= 0.6 is 0 Å². The highest BCUT2D eigenvalue weighted by atomic mass is 16.5. The Morgan fingerprint density at radius 3 is 3.13 bits per heavy atom. The Morgan fingerprint density at radius 2 is 2.53 bits per heavy atom. The monoisotopic (exact) mass is 209 g/mol. The lowest BCUT2D eigenvalue weighted by atomic mass is 10.3. The zero-order valence-electron chi connectivity index (χ0n) is 8.77. The fourth-order valence-electron chi connectivity index (χ4n) is 1.20. The number of unbranched alkanes of at least 4 members (excludes halogenated alkanes) is 1. The molecular weight excluding hydrogens is 194 g/mol. The predicted molar refractivity (Wildman–Crippen MR) is 57.4 cm³/mol. The normalized spacial score (nSPS) is 9.93. The molecule has 0 radical (unpaired) electrons. The van der Waals surface area contributed by atoms with Crippen LogP contribution in [0, 0.1) is 0 Å². The van der Waals surface area contributed by atoms with Crippen molar-refractivity contribution in [3.63, 3.8) is 0 Å². The maximum Gasteiger partial charge on any atom is 0.360 e. The van der Waals surface area contributed by atoms with Crippen molar-refractivity contribution in [3.8, 4) is 0 Å². The van der Waals surface area contributed by atoms with E-state index in [-0.39, 0.29) is 5.69 Å². The van der Waals surface area contributed by atoms with Crippen LogP contribution in [0.2, 0.25) is 0 Å². The fourth-order valence-corrected chi connectivity index (χ4v) is 1.20. The Labute approximate surface area is 88.5 Å². The molecule has 0 unspecified atom stereocenters. The van der Waals surface area contributed by atoms with Crippen molar-refractivity contribution in [1.29, 1.82) is 0 Å². The zero-order valence-corrected chi connectivity index (χ0v) is 8.77. The Balaban J connectivity index is 2.68. The number of rotatable bonds is 5. The van der Waals surface area contributed by atoms with Crippen LogP contribution in [0.25, 0.3) is 0 Å². The van der Waals surface area contributed by atoms with Gasteiger partial charge in [0.1, 0.15) is 0 Å². The second kappa shape index (κ2) is 5.19. The minimum absolute atomic E-state index is 0.177. The SMILES string of the molecule is C=CCCCn1cc(N)c(C(=O)OC)n1. The van der Waals surface area contributed by atoms with Gasteiger partial charge in [0.05, 0.1) is 12.8 Å². The Morgan fingerprint density at radius 1 is 1.80 bits per heavy atom. The Bertz CT molecular complexity index is 358. The summed E-state index contributed by atoms with van der Waals surface area (Å²) in [4.78, 5) is 11.2. The van der Waals surface area contributed by atoms with Gasteiger partial charge >= 0.3 is 5.97 Å². The molecule has 0 amide bonds. The number of esters is 1. The van der Waals surface area contributed by atoms with Crippen LogP contribution in [0.5, 0.6) is 0 Å². The van der Waals surface area contributed by atoms with Crippen LogP contribution in [0.4, 0.5) is 5.69 Å². The molecule has 82 valence electrons. The molecular formula is C10H15N3O2. The first-order valence-corrected chi connectivity index (χ1v) is 4.71. The summed E-state index contributed by atoms with van der Waals surface area (Å²) >= 11 is 0. The van der Waals surface area contributed by atoms with Crippen LogP contribution in [-0.4, -0.2) is 22.9 Å². The third-order valence-electron chi connectivity index (χ3n) is 1.96. The third-order valence-corrected chi connectivity index (χ3v) is 1.96. The minimum atomic E-state index is -0.505. The lowest BCUT2D eigenvalue weighted by Gasteiger charge is -1.97. The maximum atomic E-state index is 11.2. The number of carbonyl (C=O) groups is 1. The topological polar surface area (TPSA) is 70.1 Å². The number of aryl methyl sites for hydroxylation is 1. The molecule has 15 heavy (non-hydrogen) atoms. The van der Waals surface area contributed by atoms with Gasteiger partial charge in [-0.1, -0.05) is 6.08 Å². The van der Waals surface area contributed by atoms with Gasteiger partial charge < -0.3 is 10.5 Å². The number of allylic oxidation sites excluding steroid dienone is 1. The van der Waals surface area contributed by atoms with Gasteiger partial charge in [0, 0.05) is 12.7 Å². The van der Waals surface area contributed by atoms with Crippen LogP contribution in [0.1, 0.15) is 23.3 Å². The molecule has 0 aromatic carbocycles. The summed E-state index contributed by atoms with van der Waals surface area (Å²) in [6, 6.07) is 0. The molecule has 2 N–H and O–H groups in total. The van der Waals surface area contributed by atoms with Crippen molar-refractivity contribution in [2.75, 3.05) is 12.8 Å². The number of ether oxygens (including phenoxy) is 1. The summed E-state index contributed by atoms with van der Waals surface area (Å²) in [6.45, 7) is 4.34. The average Bonchev–Trinajstić information content (AvgIpc) is 2.59. The molecule has 0 aliphatic rings. The van der Waals surface area contributed by atoms with Crippen LogP contribution in [-0.2, 0) is 11.3 Å². The van der Waals surface area contributed by atoms with Crippen molar-refractivity contribution in [1.82, 2.24) is 9.78 Å². The highest BCUT2D eigenvalue weighted by Gasteiger charge is 2.14. The van der Waals surface area contributed by atoms with Gasteiger partial charge in [-0.2, -0.15) is 5.10 Å². The average molecular weight is 209 g/mol. The summed E-state index contributed by atoms with van der Waals surface area (Å²) in [7, 11) is 1.30. The van der Waals surface area contributed by atoms with Crippen molar-refractivity contribution in [3.05, 3.63) is 24.5 Å².